The van der Waals surface area contributed by atoms with Gasteiger partial charge in [-0.2, -0.15) is 0 Å². The van der Waals surface area contributed by atoms with Crippen molar-refractivity contribution in [1.82, 2.24) is 4.90 Å². The minimum Gasteiger partial charge on any atom is -0.462 e. The molecule has 1 unspecified atom stereocenters. The van der Waals surface area contributed by atoms with Crippen LogP contribution in [0.4, 0.5) is 0 Å². The zero-order chi connectivity index (χ0) is 20.7. The summed E-state index contributed by atoms with van der Waals surface area (Å²) >= 11 is 0. The van der Waals surface area contributed by atoms with Gasteiger partial charge < -0.3 is 9.64 Å². The lowest BCUT2D eigenvalue weighted by Crippen LogP contribution is -2.40. The molecule has 0 aromatic heterocycles. The van der Waals surface area contributed by atoms with Crippen molar-refractivity contribution >= 4 is 11.9 Å². The molecule has 1 aromatic carbocycles. The fourth-order valence-electron chi connectivity index (χ4n) is 6.27. The Hall–Kier alpha value is -1.84. The van der Waals surface area contributed by atoms with Crippen molar-refractivity contribution in [2.75, 3.05) is 19.7 Å². The highest BCUT2D eigenvalue weighted by atomic mass is 16.5. The highest BCUT2D eigenvalue weighted by Crippen LogP contribution is 2.47. The number of carbonyl (C=O) groups excluding carboxylic acids is 2. The molecule has 1 amide bonds. The number of likely N-dealkylation sites (tertiary alicyclic amines) is 1. The molecule has 5 rings (SSSR count). The second-order valence-electron chi connectivity index (χ2n) is 10.5. The van der Waals surface area contributed by atoms with E-state index in [2.05, 4.69) is 17.9 Å². The van der Waals surface area contributed by atoms with Gasteiger partial charge in [-0.25, -0.2) is 4.79 Å². The Morgan fingerprint density at radius 3 is 2.73 bits per heavy atom. The number of esters is 1. The number of carbonyl (C=O) groups is 2. The molecule has 1 aromatic rings. The van der Waals surface area contributed by atoms with Crippen molar-refractivity contribution in [2.24, 2.45) is 23.2 Å². The lowest BCUT2D eigenvalue weighted by molar-refractivity contribution is -0.136. The van der Waals surface area contributed by atoms with Gasteiger partial charge in [0.25, 0.3) is 0 Å². The number of amides is 1. The fourth-order valence-corrected chi connectivity index (χ4v) is 6.27. The van der Waals surface area contributed by atoms with Crippen LogP contribution in [0.15, 0.2) is 18.2 Å². The summed E-state index contributed by atoms with van der Waals surface area (Å²) < 4.78 is 5.63. The van der Waals surface area contributed by atoms with E-state index in [-0.39, 0.29) is 11.4 Å². The summed E-state index contributed by atoms with van der Waals surface area (Å²) in [4.78, 5) is 28.3. The van der Waals surface area contributed by atoms with E-state index in [1.165, 1.54) is 50.5 Å². The monoisotopic (exact) mass is 409 g/mol. The number of hydrogen-bond acceptors (Lipinski definition) is 3. The summed E-state index contributed by atoms with van der Waals surface area (Å²) in [6.07, 6.45) is 11.2. The number of rotatable bonds is 7. The minimum atomic E-state index is -0.320. The molecule has 162 valence electrons. The van der Waals surface area contributed by atoms with Crippen molar-refractivity contribution in [2.45, 2.75) is 71.1 Å². The van der Waals surface area contributed by atoms with Crippen molar-refractivity contribution in [1.29, 1.82) is 0 Å². The third-order valence-electron chi connectivity index (χ3n) is 8.32. The third-order valence-corrected chi connectivity index (χ3v) is 8.32. The molecular formula is C26H35NO3. The Labute approximate surface area is 180 Å². The number of ether oxygens (including phenoxy) is 1. The van der Waals surface area contributed by atoms with Crippen LogP contribution in [0.2, 0.25) is 0 Å². The average Bonchev–Trinajstić information content (AvgIpc) is 3.19. The minimum absolute atomic E-state index is 0.200. The quantitative estimate of drug-likeness (QED) is 0.609. The standard InChI is InChI=1S/C26H35NO3/c1-2-5-19-12-20(13-19)16-27-11-10-26(25(27)29)14-21-8-4-9-22(23(21)15-26)24(28)30-17-18-6-3-7-18/h4,8-9,18-20H,2-3,5-7,10-17H2,1H3. The molecule has 30 heavy (non-hydrogen) atoms. The molecule has 1 aliphatic heterocycles. The highest BCUT2D eigenvalue weighted by Gasteiger charge is 2.51. The van der Waals surface area contributed by atoms with E-state index in [1.54, 1.807) is 0 Å². The van der Waals surface area contributed by atoms with Gasteiger partial charge in [-0.1, -0.05) is 38.3 Å². The van der Waals surface area contributed by atoms with E-state index < -0.39 is 0 Å². The molecule has 0 radical (unpaired) electrons. The zero-order valence-electron chi connectivity index (χ0n) is 18.3. The molecule has 1 spiro atoms. The molecule has 2 saturated carbocycles. The maximum Gasteiger partial charge on any atom is 0.338 e. The zero-order valence-corrected chi connectivity index (χ0v) is 18.3. The second kappa shape index (κ2) is 8.01. The van der Waals surface area contributed by atoms with Crippen LogP contribution in [0.3, 0.4) is 0 Å². The number of fused-ring (bicyclic) bond motifs is 1. The van der Waals surface area contributed by atoms with E-state index in [4.69, 9.17) is 4.74 Å². The number of hydrogen-bond donors (Lipinski definition) is 0. The largest absolute Gasteiger partial charge is 0.462 e. The van der Waals surface area contributed by atoms with E-state index >= 15 is 0 Å². The average molecular weight is 410 g/mol. The Bertz CT molecular complexity index is 824. The predicted molar refractivity (Wildman–Crippen MR) is 116 cm³/mol. The molecule has 4 nitrogen and oxygen atoms in total. The number of nitrogens with zero attached hydrogens (tertiary/aromatic N) is 1. The Morgan fingerprint density at radius 1 is 1.17 bits per heavy atom. The normalized spacial score (nSPS) is 30.3. The van der Waals surface area contributed by atoms with Gasteiger partial charge in [-0.15, -0.1) is 0 Å². The Kier molecular flexibility index (Phi) is 5.37. The van der Waals surface area contributed by atoms with Gasteiger partial charge in [0.05, 0.1) is 17.6 Å². The van der Waals surface area contributed by atoms with Crippen LogP contribution in [0.25, 0.3) is 0 Å². The maximum atomic E-state index is 13.4. The first kappa shape index (κ1) is 20.1. The molecule has 4 aliphatic rings. The fraction of sp³-hybridized carbons (Fsp3) is 0.692. The van der Waals surface area contributed by atoms with E-state index in [1.807, 2.05) is 12.1 Å². The van der Waals surface area contributed by atoms with Crippen LogP contribution in [-0.2, 0) is 22.4 Å². The molecule has 4 heteroatoms. The first-order chi connectivity index (χ1) is 14.6. The van der Waals surface area contributed by atoms with Crippen LogP contribution in [-0.4, -0.2) is 36.5 Å². The van der Waals surface area contributed by atoms with Gasteiger partial charge in [-0.3, -0.25) is 4.79 Å². The van der Waals surface area contributed by atoms with Crippen LogP contribution in [0.1, 0.15) is 79.8 Å². The summed E-state index contributed by atoms with van der Waals surface area (Å²) in [5, 5.41) is 0. The first-order valence-electron chi connectivity index (χ1n) is 12.2. The summed E-state index contributed by atoms with van der Waals surface area (Å²) in [5.74, 6) is 2.25. The second-order valence-corrected chi connectivity index (χ2v) is 10.5. The first-order valence-corrected chi connectivity index (χ1v) is 12.2. The van der Waals surface area contributed by atoms with E-state index in [9.17, 15) is 9.59 Å². The predicted octanol–water partition coefficient (Wildman–Crippen LogP) is 4.79. The van der Waals surface area contributed by atoms with Crippen molar-refractivity contribution in [3.8, 4) is 0 Å². The lowest BCUT2D eigenvalue weighted by Gasteiger charge is -2.38. The smallest absolute Gasteiger partial charge is 0.338 e. The Balaban J connectivity index is 1.23. The molecule has 1 heterocycles. The summed E-state index contributed by atoms with van der Waals surface area (Å²) in [7, 11) is 0. The summed E-state index contributed by atoms with van der Waals surface area (Å²) in [6.45, 7) is 4.62. The van der Waals surface area contributed by atoms with Crippen molar-refractivity contribution in [3.63, 3.8) is 0 Å². The summed E-state index contributed by atoms with van der Waals surface area (Å²) in [6, 6.07) is 5.95. The van der Waals surface area contributed by atoms with Crippen LogP contribution >= 0.6 is 0 Å². The van der Waals surface area contributed by atoms with Crippen LogP contribution in [0.5, 0.6) is 0 Å². The van der Waals surface area contributed by atoms with E-state index in [0.29, 0.717) is 36.3 Å². The molecule has 1 atom stereocenters. The van der Waals surface area contributed by atoms with Gasteiger partial charge in [-0.05, 0) is 79.9 Å². The van der Waals surface area contributed by atoms with Gasteiger partial charge in [0.2, 0.25) is 5.91 Å². The van der Waals surface area contributed by atoms with Crippen LogP contribution < -0.4 is 0 Å². The topological polar surface area (TPSA) is 46.6 Å². The van der Waals surface area contributed by atoms with Gasteiger partial charge in [0, 0.05) is 13.1 Å². The molecule has 1 saturated heterocycles. The SMILES string of the molecule is CCCC1CC(CN2CCC3(Cc4cccc(C(=O)OCC5CCC5)c4C3)C2=O)C1. The molecule has 3 fully saturated rings. The molecule has 0 N–H and O–H groups in total. The molecular weight excluding hydrogens is 374 g/mol. The van der Waals surface area contributed by atoms with E-state index in [0.717, 1.165) is 37.4 Å². The maximum absolute atomic E-state index is 13.4. The van der Waals surface area contributed by atoms with Crippen molar-refractivity contribution < 1.29 is 14.3 Å². The van der Waals surface area contributed by atoms with Crippen molar-refractivity contribution in [3.05, 3.63) is 34.9 Å². The number of benzene rings is 1. The Morgan fingerprint density at radius 2 is 2.00 bits per heavy atom. The van der Waals surface area contributed by atoms with Gasteiger partial charge >= 0.3 is 5.97 Å². The molecule has 0 bridgehead atoms. The third kappa shape index (κ3) is 3.56. The van der Waals surface area contributed by atoms with Gasteiger partial charge in [0.1, 0.15) is 0 Å². The highest BCUT2D eigenvalue weighted by molar-refractivity contribution is 5.93. The lowest BCUT2D eigenvalue weighted by atomic mass is 9.72. The van der Waals surface area contributed by atoms with Gasteiger partial charge in [0.15, 0.2) is 0 Å². The summed E-state index contributed by atoms with van der Waals surface area (Å²) in [5.41, 5.74) is 2.61. The molecule has 3 aliphatic carbocycles. The van der Waals surface area contributed by atoms with Crippen LogP contribution in [0, 0.1) is 23.2 Å².